The van der Waals surface area contributed by atoms with Gasteiger partial charge in [-0.15, -0.1) is 0 Å². The zero-order valence-corrected chi connectivity index (χ0v) is 22.7. The largest absolute Gasteiger partial charge is 0.494 e. The lowest BCUT2D eigenvalue weighted by Gasteiger charge is -2.24. The Kier molecular flexibility index (Phi) is 14.5. The van der Waals surface area contributed by atoms with Crippen LogP contribution in [-0.4, -0.2) is 39.4 Å². The molecule has 36 heavy (non-hydrogen) atoms. The molecule has 0 fully saturated rings. The molecule has 0 atom stereocenters. The van der Waals surface area contributed by atoms with Gasteiger partial charge in [0.2, 0.25) is 0 Å². The summed E-state index contributed by atoms with van der Waals surface area (Å²) in [5, 5.41) is 0. The monoisotopic (exact) mass is 498 g/mol. The van der Waals surface area contributed by atoms with Crippen LogP contribution in [0.4, 0.5) is 0 Å². The fourth-order valence-electron chi connectivity index (χ4n) is 4.78. The van der Waals surface area contributed by atoms with E-state index in [1.807, 2.05) is 0 Å². The van der Waals surface area contributed by atoms with Crippen molar-refractivity contribution >= 4 is 0 Å². The quantitative estimate of drug-likeness (QED) is 0.212. The lowest BCUT2D eigenvalue weighted by Crippen LogP contribution is -2.14. The molecule has 8 N–H and O–H groups in total. The van der Waals surface area contributed by atoms with Gasteiger partial charge in [-0.2, -0.15) is 0 Å². The van der Waals surface area contributed by atoms with Gasteiger partial charge in [0, 0.05) is 0 Å². The van der Waals surface area contributed by atoms with Crippen molar-refractivity contribution in [1.82, 2.24) is 0 Å². The highest BCUT2D eigenvalue weighted by atomic mass is 16.5. The molecule has 2 aromatic rings. The summed E-state index contributed by atoms with van der Waals surface area (Å²) < 4.78 is 12.3. The summed E-state index contributed by atoms with van der Waals surface area (Å²) in [5.74, 6) is 1.80. The SMILES string of the molecule is CCCCCOc1cc(CCN)c(-c2c(CCN)cc(OCCCCC)cc2CCN)c(CCN)c1. The summed E-state index contributed by atoms with van der Waals surface area (Å²) in [6.45, 7) is 8.09. The molecule has 0 saturated carbocycles. The van der Waals surface area contributed by atoms with Crippen LogP contribution in [0.1, 0.15) is 74.6 Å². The van der Waals surface area contributed by atoms with Crippen molar-refractivity contribution in [3.8, 4) is 22.6 Å². The number of benzene rings is 2. The Morgan fingerprint density at radius 3 is 1.06 bits per heavy atom. The van der Waals surface area contributed by atoms with E-state index in [9.17, 15) is 0 Å². The number of hydrogen-bond donors (Lipinski definition) is 4. The van der Waals surface area contributed by atoms with E-state index in [-0.39, 0.29) is 0 Å². The van der Waals surface area contributed by atoms with Gasteiger partial charge in [-0.05, 0) is 122 Å². The average Bonchev–Trinajstić information content (AvgIpc) is 2.86. The lowest BCUT2D eigenvalue weighted by atomic mass is 9.84. The summed E-state index contributed by atoms with van der Waals surface area (Å²) in [5.41, 5.74) is 31.6. The van der Waals surface area contributed by atoms with Gasteiger partial charge in [-0.25, -0.2) is 0 Å². The van der Waals surface area contributed by atoms with Crippen molar-refractivity contribution in [3.63, 3.8) is 0 Å². The van der Waals surface area contributed by atoms with E-state index in [0.29, 0.717) is 26.2 Å². The van der Waals surface area contributed by atoms with Gasteiger partial charge in [0.05, 0.1) is 13.2 Å². The lowest BCUT2D eigenvalue weighted by molar-refractivity contribution is 0.305. The molecule has 0 aliphatic carbocycles. The molecule has 2 aromatic carbocycles. The van der Waals surface area contributed by atoms with Gasteiger partial charge < -0.3 is 32.4 Å². The summed E-state index contributed by atoms with van der Waals surface area (Å²) in [6.07, 6.45) is 9.84. The smallest absolute Gasteiger partial charge is 0.119 e. The maximum Gasteiger partial charge on any atom is 0.119 e. The first-order valence-electron chi connectivity index (χ1n) is 14.0. The minimum Gasteiger partial charge on any atom is -0.494 e. The fourth-order valence-corrected chi connectivity index (χ4v) is 4.78. The summed E-state index contributed by atoms with van der Waals surface area (Å²) >= 11 is 0. The van der Waals surface area contributed by atoms with Gasteiger partial charge in [0.1, 0.15) is 11.5 Å². The van der Waals surface area contributed by atoms with E-state index in [1.54, 1.807) is 0 Å². The van der Waals surface area contributed by atoms with Crippen LogP contribution in [0, 0.1) is 0 Å². The van der Waals surface area contributed by atoms with Crippen LogP contribution in [0.3, 0.4) is 0 Å². The predicted molar refractivity (Wildman–Crippen MR) is 153 cm³/mol. The molecule has 6 heteroatoms. The molecule has 0 saturated heterocycles. The Labute approximate surface area is 219 Å². The second-order valence-electron chi connectivity index (χ2n) is 9.50. The van der Waals surface area contributed by atoms with Crippen LogP contribution in [0.25, 0.3) is 11.1 Å². The molecular weight excluding hydrogens is 448 g/mol. The molecule has 0 aliphatic rings. The van der Waals surface area contributed by atoms with Crippen LogP contribution >= 0.6 is 0 Å². The van der Waals surface area contributed by atoms with E-state index in [2.05, 4.69) is 38.1 Å². The Morgan fingerprint density at radius 1 is 0.500 bits per heavy atom. The molecule has 0 amide bonds. The molecular formula is C30H50N4O2. The highest BCUT2D eigenvalue weighted by Crippen LogP contribution is 2.39. The predicted octanol–water partition coefficient (Wildman–Crippen LogP) is 4.50. The summed E-state index contributed by atoms with van der Waals surface area (Å²) in [7, 11) is 0. The average molecular weight is 499 g/mol. The van der Waals surface area contributed by atoms with Gasteiger partial charge in [-0.1, -0.05) is 39.5 Å². The fraction of sp³-hybridized carbons (Fsp3) is 0.600. The van der Waals surface area contributed by atoms with Gasteiger partial charge in [-0.3, -0.25) is 0 Å². The molecule has 0 radical (unpaired) electrons. The minimum atomic E-state index is 0.561. The van der Waals surface area contributed by atoms with Crippen molar-refractivity contribution in [2.45, 2.75) is 78.1 Å². The first-order valence-corrected chi connectivity index (χ1v) is 14.0. The van der Waals surface area contributed by atoms with Gasteiger partial charge in [0.25, 0.3) is 0 Å². The third kappa shape index (κ3) is 9.07. The summed E-state index contributed by atoms with van der Waals surface area (Å²) in [4.78, 5) is 0. The van der Waals surface area contributed by atoms with E-state index >= 15 is 0 Å². The van der Waals surface area contributed by atoms with E-state index in [1.165, 1.54) is 59.1 Å². The van der Waals surface area contributed by atoms with Crippen molar-refractivity contribution in [3.05, 3.63) is 46.5 Å². The first-order chi connectivity index (χ1) is 17.6. The molecule has 0 bridgehead atoms. The van der Waals surface area contributed by atoms with Crippen LogP contribution in [0.2, 0.25) is 0 Å². The Morgan fingerprint density at radius 2 is 0.806 bits per heavy atom. The zero-order chi connectivity index (χ0) is 26.2. The molecule has 0 spiro atoms. The van der Waals surface area contributed by atoms with Crippen LogP contribution in [0.15, 0.2) is 24.3 Å². The number of hydrogen-bond acceptors (Lipinski definition) is 6. The molecule has 202 valence electrons. The minimum absolute atomic E-state index is 0.561. The third-order valence-corrected chi connectivity index (χ3v) is 6.49. The van der Waals surface area contributed by atoms with Gasteiger partial charge in [0.15, 0.2) is 0 Å². The third-order valence-electron chi connectivity index (χ3n) is 6.49. The highest BCUT2D eigenvalue weighted by molar-refractivity contribution is 5.79. The maximum atomic E-state index is 6.17. The molecule has 0 aliphatic heterocycles. The van der Waals surface area contributed by atoms with Crippen LogP contribution < -0.4 is 32.4 Å². The number of unbranched alkanes of at least 4 members (excludes halogenated alkanes) is 4. The zero-order valence-electron chi connectivity index (χ0n) is 22.7. The molecule has 2 rings (SSSR count). The molecule has 6 nitrogen and oxygen atoms in total. The molecule has 0 aromatic heterocycles. The van der Waals surface area contributed by atoms with Crippen molar-refractivity contribution in [2.75, 3.05) is 39.4 Å². The van der Waals surface area contributed by atoms with Crippen molar-refractivity contribution in [2.24, 2.45) is 22.9 Å². The summed E-state index contributed by atoms with van der Waals surface area (Å²) in [6, 6.07) is 8.67. The molecule has 0 unspecified atom stereocenters. The normalized spacial score (nSPS) is 11.2. The Hall–Kier alpha value is -2.12. The van der Waals surface area contributed by atoms with E-state index in [4.69, 9.17) is 32.4 Å². The van der Waals surface area contributed by atoms with Gasteiger partial charge >= 0.3 is 0 Å². The van der Waals surface area contributed by atoms with E-state index in [0.717, 1.165) is 63.2 Å². The van der Waals surface area contributed by atoms with Crippen molar-refractivity contribution < 1.29 is 9.47 Å². The first kappa shape index (κ1) is 30.1. The number of ether oxygens (including phenoxy) is 2. The number of rotatable bonds is 19. The number of nitrogens with two attached hydrogens (primary N) is 4. The maximum absolute atomic E-state index is 6.17. The topological polar surface area (TPSA) is 123 Å². The second-order valence-corrected chi connectivity index (χ2v) is 9.50. The Balaban J connectivity index is 2.63. The highest BCUT2D eigenvalue weighted by Gasteiger charge is 2.20. The van der Waals surface area contributed by atoms with E-state index < -0.39 is 0 Å². The van der Waals surface area contributed by atoms with Crippen LogP contribution in [0.5, 0.6) is 11.5 Å². The second kappa shape index (κ2) is 17.4. The standard InChI is InChI=1S/C30H50N4O2/c1-3-5-7-17-35-27-19-23(9-13-31)29(24(20-27)10-14-32)30-25(11-15-33)21-28(22-26(30)12-16-34)36-18-8-6-4-2/h19-22H,3-18,31-34H2,1-2H3. The Bertz CT molecular complexity index is 773. The molecule has 0 heterocycles. The van der Waals surface area contributed by atoms with Crippen molar-refractivity contribution in [1.29, 1.82) is 0 Å². The van der Waals surface area contributed by atoms with Crippen LogP contribution in [-0.2, 0) is 25.7 Å².